The average Bonchev–Trinajstić information content (AvgIpc) is 2.34. The van der Waals surface area contributed by atoms with Gasteiger partial charge in [-0.25, -0.2) is 9.78 Å². The molecule has 1 aromatic heterocycles. The summed E-state index contributed by atoms with van der Waals surface area (Å²) in [4.78, 5) is 14.4. The van der Waals surface area contributed by atoms with Crippen molar-refractivity contribution >= 4 is 5.97 Å². The third-order valence-electron chi connectivity index (χ3n) is 2.11. The first kappa shape index (κ1) is 16.9. The number of nitrogens with zero attached hydrogens (tertiary/aromatic N) is 1. The standard InChI is InChI=1S/C10H7F6NO4/c1-19-4-3-17-7(21-10(14,15)16)5(8(18)20-2)6(4)9(11,12)13/h3H,1-2H3. The van der Waals surface area contributed by atoms with Gasteiger partial charge in [-0.15, -0.1) is 13.2 Å². The molecule has 0 fully saturated rings. The lowest BCUT2D eigenvalue weighted by molar-refractivity contribution is -0.276. The van der Waals surface area contributed by atoms with Gasteiger partial charge in [-0.2, -0.15) is 13.2 Å². The summed E-state index contributed by atoms with van der Waals surface area (Å²) in [7, 11) is 1.52. The van der Waals surface area contributed by atoms with Crippen LogP contribution in [-0.2, 0) is 10.9 Å². The van der Waals surface area contributed by atoms with Crippen LogP contribution in [0.25, 0.3) is 0 Å². The van der Waals surface area contributed by atoms with Gasteiger partial charge < -0.3 is 14.2 Å². The van der Waals surface area contributed by atoms with Crippen molar-refractivity contribution in [2.75, 3.05) is 14.2 Å². The second kappa shape index (κ2) is 5.66. The number of esters is 1. The molecule has 0 aliphatic carbocycles. The van der Waals surface area contributed by atoms with E-state index >= 15 is 0 Å². The zero-order valence-corrected chi connectivity index (χ0v) is 10.4. The summed E-state index contributed by atoms with van der Waals surface area (Å²) in [5.74, 6) is -4.23. The molecule has 0 aliphatic rings. The largest absolute Gasteiger partial charge is 0.574 e. The van der Waals surface area contributed by atoms with Crippen molar-refractivity contribution < 1.29 is 45.3 Å². The Morgan fingerprint density at radius 1 is 1.14 bits per heavy atom. The molecule has 0 aromatic carbocycles. The lowest BCUT2D eigenvalue weighted by Crippen LogP contribution is -2.23. The summed E-state index contributed by atoms with van der Waals surface area (Å²) in [6, 6.07) is 0. The van der Waals surface area contributed by atoms with E-state index in [-0.39, 0.29) is 0 Å². The topological polar surface area (TPSA) is 57.7 Å². The van der Waals surface area contributed by atoms with E-state index in [4.69, 9.17) is 0 Å². The van der Waals surface area contributed by atoms with Crippen molar-refractivity contribution in [3.63, 3.8) is 0 Å². The number of aromatic nitrogens is 1. The number of methoxy groups -OCH3 is 2. The maximum atomic E-state index is 13.0. The number of carbonyl (C=O) groups is 1. The van der Waals surface area contributed by atoms with Crippen LogP contribution >= 0.6 is 0 Å². The van der Waals surface area contributed by atoms with Crippen LogP contribution in [0, 0.1) is 0 Å². The van der Waals surface area contributed by atoms with Crippen LogP contribution in [0.1, 0.15) is 15.9 Å². The zero-order chi connectivity index (χ0) is 16.4. The van der Waals surface area contributed by atoms with Gasteiger partial charge >= 0.3 is 18.5 Å². The summed E-state index contributed by atoms with van der Waals surface area (Å²) in [6.07, 6.45) is -10.2. The summed E-state index contributed by atoms with van der Waals surface area (Å²) in [5, 5.41) is 0. The predicted octanol–water partition coefficient (Wildman–Crippen LogP) is 2.79. The van der Waals surface area contributed by atoms with Gasteiger partial charge in [-0.3, -0.25) is 0 Å². The summed E-state index contributed by atoms with van der Waals surface area (Å²) < 4.78 is 87.1. The van der Waals surface area contributed by atoms with Crippen molar-refractivity contribution in [1.29, 1.82) is 0 Å². The zero-order valence-electron chi connectivity index (χ0n) is 10.4. The first-order chi connectivity index (χ1) is 9.51. The highest BCUT2D eigenvalue weighted by Crippen LogP contribution is 2.42. The van der Waals surface area contributed by atoms with E-state index in [2.05, 4.69) is 19.2 Å². The lowest BCUT2D eigenvalue weighted by atomic mass is 10.1. The summed E-state index contributed by atoms with van der Waals surface area (Å²) >= 11 is 0. The number of halogens is 6. The second-order valence-electron chi connectivity index (χ2n) is 3.42. The summed E-state index contributed by atoms with van der Waals surface area (Å²) in [5.41, 5.74) is -3.30. The first-order valence-corrected chi connectivity index (χ1v) is 4.99. The number of hydrogen-bond acceptors (Lipinski definition) is 5. The molecule has 1 heterocycles. The Morgan fingerprint density at radius 2 is 1.71 bits per heavy atom. The van der Waals surface area contributed by atoms with Gasteiger partial charge in [0.05, 0.1) is 20.4 Å². The molecule has 0 unspecified atom stereocenters. The van der Waals surface area contributed by atoms with Crippen LogP contribution in [0.5, 0.6) is 11.6 Å². The molecular weight excluding hydrogens is 312 g/mol. The Bertz CT molecular complexity index is 540. The van der Waals surface area contributed by atoms with Crippen molar-refractivity contribution in [1.82, 2.24) is 4.98 Å². The molecule has 0 N–H and O–H groups in total. The maximum Gasteiger partial charge on any atom is 0.574 e. The Kier molecular flexibility index (Phi) is 4.54. The Labute approximate surface area is 113 Å². The maximum absolute atomic E-state index is 13.0. The molecule has 0 aliphatic heterocycles. The van der Waals surface area contributed by atoms with Gasteiger partial charge in [0.2, 0.25) is 5.88 Å². The van der Waals surface area contributed by atoms with E-state index in [1.54, 1.807) is 0 Å². The molecule has 0 atom stereocenters. The van der Waals surface area contributed by atoms with Crippen LogP contribution in [0.3, 0.4) is 0 Å². The van der Waals surface area contributed by atoms with E-state index in [1.807, 2.05) is 0 Å². The molecule has 118 valence electrons. The predicted molar refractivity (Wildman–Crippen MR) is 53.8 cm³/mol. The van der Waals surface area contributed by atoms with Crippen LogP contribution in [0.15, 0.2) is 6.20 Å². The van der Waals surface area contributed by atoms with E-state index < -0.39 is 41.3 Å². The van der Waals surface area contributed by atoms with Crippen LogP contribution in [0.2, 0.25) is 0 Å². The highest BCUT2D eigenvalue weighted by Gasteiger charge is 2.44. The van der Waals surface area contributed by atoms with Gasteiger partial charge in [0.25, 0.3) is 0 Å². The van der Waals surface area contributed by atoms with E-state index in [9.17, 15) is 31.1 Å². The molecule has 1 aromatic rings. The second-order valence-corrected chi connectivity index (χ2v) is 3.42. The smallest absolute Gasteiger partial charge is 0.494 e. The molecular formula is C10H7F6NO4. The Morgan fingerprint density at radius 3 is 2.10 bits per heavy atom. The number of carbonyl (C=O) groups excluding carboxylic acids is 1. The lowest BCUT2D eigenvalue weighted by Gasteiger charge is -2.18. The van der Waals surface area contributed by atoms with Crippen molar-refractivity contribution in [3.05, 3.63) is 17.3 Å². The van der Waals surface area contributed by atoms with Gasteiger partial charge in [0.1, 0.15) is 11.1 Å². The van der Waals surface area contributed by atoms with Crippen LogP contribution in [0.4, 0.5) is 26.3 Å². The highest BCUT2D eigenvalue weighted by molar-refractivity contribution is 5.94. The quantitative estimate of drug-likeness (QED) is 0.633. The molecule has 21 heavy (non-hydrogen) atoms. The highest BCUT2D eigenvalue weighted by atomic mass is 19.4. The molecule has 5 nitrogen and oxygen atoms in total. The molecule has 0 spiro atoms. The van der Waals surface area contributed by atoms with Gasteiger partial charge in [-0.05, 0) is 0 Å². The molecule has 0 saturated heterocycles. The monoisotopic (exact) mass is 319 g/mol. The number of rotatable bonds is 3. The molecule has 11 heteroatoms. The molecule has 0 bridgehead atoms. The number of pyridine rings is 1. The van der Waals surface area contributed by atoms with Crippen LogP contribution < -0.4 is 9.47 Å². The van der Waals surface area contributed by atoms with Crippen molar-refractivity contribution in [2.24, 2.45) is 0 Å². The summed E-state index contributed by atoms with van der Waals surface area (Å²) in [6.45, 7) is 0. The first-order valence-electron chi connectivity index (χ1n) is 4.99. The number of hydrogen-bond donors (Lipinski definition) is 0. The van der Waals surface area contributed by atoms with Crippen molar-refractivity contribution in [2.45, 2.75) is 12.5 Å². The van der Waals surface area contributed by atoms with E-state index in [0.717, 1.165) is 7.11 Å². The minimum absolute atomic E-state index is 0.357. The van der Waals surface area contributed by atoms with E-state index in [0.29, 0.717) is 13.3 Å². The normalized spacial score (nSPS) is 12.0. The van der Waals surface area contributed by atoms with Gasteiger partial charge in [-0.1, -0.05) is 0 Å². The average molecular weight is 319 g/mol. The fraction of sp³-hybridized carbons (Fsp3) is 0.400. The molecule has 1 rings (SSSR count). The fourth-order valence-electron chi connectivity index (χ4n) is 1.39. The Hall–Kier alpha value is -2.20. The number of ether oxygens (including phenoxy) is 3. The third-order valence-corrected chi connectivity index (χ3v) is 2.11. The SMILES string of the molecule is COC(=O)c1c(OC(F)(F)F)ncc(OC)c1C(F)(F)F. The van der Waals surface area contributed by atoms with Gasteiger partial charge in [0, 0.05) is 0 Å². The minimum Gasteiger partial charge on any atom is -0.494 e. The Balaban J connectivity index is 3.64. The van der Waals surface area contributed by atoms with E-state index in [1.165, 1.54) is 0 Å². The molecule has 0 saturated carbocycles. The van der Waals surface area contributed by atoms with Crippen LogP contribution in [-0.4, -0.2) is 31.5 Å². The number of alkyl halides is 6. The van der Waals surface area contributed by atoms with Gasteiger partial charge in [0.15, 0.2) is 5.75 Å². The minimum atomic E-state index is -5.34. The fourth-order valence-corrected chi connectivity index (χ4v) is 1.39. The molecule has 0 radical (unpaired) electrons. The van der Waals surface area contributed by atoms with Crippen molar-refractivity contribution in [3.8, 4) is 11.6 Å². The third kappa shape index (κ3) is 3.89. The molecule has 0 amide bonds.